The van der Waals surface area contributed by atoms with Crippen molar-refractivity contribution in [3.05, 3.63) is 0 Å². The van der Waals surface area contributed by atoms with Gasteiger partial charge in [0.1, 0.15) is 11.7 Å². The Bertz CT molecular complexity index is 357. The van der Waals surface area contributed by atoms with Gasteiger partial charge in [0, 0.05) is 6.42 Å². The first kappa shape index (κ1) is 23.9. The lowest BCUT2D eigenvalue weighted by molar-refractivity contribution is -0.161. The monoisotopic (exact) mass is 356 g/mol. The minimum atomic E-state index is -0.504. The molecule has 0 spiro atoms. The van der Waals surface area contributed by atoms with E-state index in [9.17, 15) is 9.59 Å². The number of carbonyl (C=O) groups excluding carboxylic acids is 2. The lowest BCUT2D eigenvalue weighted by Gasteiger charge is -2.22. The molecule has 148 valence electrons. The Hall–Kier alpha value is -1.06. The normalized spacial score (nSPS) is 12.7. The highest BCUT2D eigenvalue weighted by Crippen LogP contribution is 2.14. The third-order valence-corrected chi connectivity index (χ3v) is 4.05. The van der Waals surface area contributed by atoms with Gasteiger partial charge in [0.05, 0.1) is 6.42 Å². The van der Waals surface area contributed by atoms with Crippen LogP contribution in [0.15, 0.2) is 0 Å². The predicted molar refractivity (Wildman–Crippen MR) is 102 cm³/mol. The SMILES string of the molecule is CCCCCCCCCCCC(=O)O[C@H](CC)CC(=O)OC(C)(C)C. The molecule has 0 saturated heterocycles. The fourth-order valence-electron chi connectivity index (χ4n) is 2.66. The zero-order valence-corrected chi connectivity index (χ0v) is 17.2. The first-order valence-electron chi connectivity index (χ1n) is 10.2. The number of unbranched alkanes of at least 4 members (excludes halogenated alkanes) is 8. The van der Waals surface area contributed by atoms with Crippen molar-refractivity contribution in [2.24, 2.45) is 0 Å². The molecule has 0 aromatic carbocycles. The molecule has 0 fully saturated rings. The molecular weight excluding hydrogens is 316 g/mol. The Kier molecular flexibility index (Phi) is 13.5. The van der Waals surface area contributed by atoms with Crippen LogP contribution in [0.3, 0.4) is 0 Å². The van der Waals surface area contributed by atoms with Gasteiger partial charge in [-0.2, -0.15) is 0 Å². The molecule has 0 amide bonds. The maximum atomic E-state index is 11.9. The molecule has 0 bridgehead atoms. The molecular formula is C21H40O4. The van der Waals surface area contributed by atoms with Gasteiger partial charge in [0.15, 0.2) is 0 Å². The van der Waals surface area contributed by atoms with Crippen LogP contribution < -0.4 is 0 Å². The van der Waals surface area contributed by atoms with E-state index >= 15 is 0 Å². The lowest BCUT2D eigenvalue weighted by Crippen LogP contribution is -2.28. The Balaban J connectivity index is 3.76. The molecule has 0 saturated carbocycles. The van der Waals surface area contributed by atoms with Gasteiger partial charge in [-0.3, -0.25) is 9.59 Å². The van der Waals surface area contributed by atoms with Gasteiger partial charge in [0.2, 0.25) is 0 Å². The molecule has 0 radical (unpaired) electrons. The van der Waals surface area contributed by atoms with Crippen LogP contribution in [0.4, 0.5) is 0 Å². The number of hydrogen-bond donors (Lipinski definition) is 0. The average molecular weight is 357 g/mol. The van der Waals surface area contributed by atoms with Gasteiger partial charge in [0.25, 0.3) is 0 Å². The van der Waals surface area contributed by atoms with Crippen molar-refractivity contribution >= 4 is 11.9 Å². The van der Waals surface area contributed by atoms with Crippen LogP contribution in [0.5, 0.6) is 0 Å². The second-order valence-corrected chi connectivity index (χ2v) is 7.89. The fraction of sp³-hybridized carbons (Fsp3) is 0.905. The largest absolute Gasteiger partial charge is 0.462 e. The maximum absolute atomic E-state index is 11.9. The Morgan fingerprint density at radius 2 is 1.32 bits per heavy atom. The van der Waals surface area contributed by atoms with E-state index in [1.807, 2.05) is 27.7 Å². The van der Waals surface area contributed by atoms with E-state index in [1.165, 1.54) is 44.9 Å². The Labute approximate surface area is 155 Å². The number of carbonyl (C=O) groups is 2. The summed E-state index contributed by atoms with van der Waals surface area (Å²) in [6, 6.07) is 0. The van der Waals surface area contributed by atoms with Crippen LogP contribution in [-0.2, 0) is 19.1 Å². The van der Waals surface area contributed by atoms with Crippen LogP contribution in [0.1, 0.15) is 112 Å². The minimum absolute atomic E-state index is 0.136. The first-order valence-corrected chi connectivity index (χ1v) is 10.2. The Morgan fingerprint density at radius 1 is 0.800 bits per heavy atom. The molecule has 0 aliphatic carbocycles. The maximum Gasteiger partial charge on any atom is 0.310 e. The van der Waals surface area contributed by atoms with Crippen LogP contribution in [0.2, 0.25) is 0 Å². The van der Waals surface area contributed by atoms with Crippen LogP contribution >= 0.6 is 0 Å². The van der Waals surface area contributed by atoms with Crippen LogP contribution in [0.25, 0.3) is 0 Å². The van der Waals surface area contributed by atoms with Crippen molar-refractivity contribution in [2.45, 2.75) is 123 Å². The van der Waals surface area contributed by atoms with Crippen molar-refractivity contribution in [1.82, 2.24) is 0 Å². The highest BCUT2D eigenvalue weighted by atomic mass is 16.6. The molecule has 25 heavy (non-hydrogen) atoms. The zero-order valence-electron chi connectivity index (χ0n) is 17.2. The smallest absolute Gasteiger partial charge is 0.310 e. The number of ether oxygens (including phenoxy) is 2. The summed E-state index contributed by atoms with van der Waals surface area (Å²) in [7, 11) is 0. The van der Waals surface area contributed by atoms with Crippen LogP contribution in [-0.4, -0.2) is 23.6 Å². The van der Waals surface area contributed by atoms with E-state index in [2.05, 4.69) is 6.92 Å². The molecule has 0 aliphatic heterocycles. The molecule has 1 atom stereocenters. The minimum Gasteiger partial charge on any atom is -0.462 e. The summed E-state index contributed by atoms with van der Waals surface area (Å²) in [6.07, 6.45) is 11.8. The number of rotatable bonds is 14. The highest BCUT2D eigenvalue weighted by molar-refractivity contribution is 5.72. The molecule has 0 aliphatic rings. The summed E-state index contributed by atoms with van der Waals surface area (Å²) in [4.78, 5) is 23.7. The van der Waals surface area contributed by atoms with E-state index in [4.69, 9.17) is 9.47 Å². The van der Waals surface area contributed by atoms with E-state index < -0.39 is 5.60 Å². The van der Waals surface area contributed by atoms with E-state index in [1.54, 1.807) is 0 Å². The van der Waals surface area contributed by atoms with Crippen molar-refractivity contribution in [1.29, 1.82) is 0 Å². The van der Waals surface area contributed by atoms with Crippen molar-refractivity contribution in [3.8, 4) is 0 Å². The summed E-state index contributed by atoms with van der Waals surface area (Å²) in [5.41, 5.74) is -0.504. The fourth-order valence-corrected chi connectivity index (χ4v) is 2.66. The Morgan fingerprint density at radius 3 is 1.80 bits per heavy atom. The van der Waals surface area contributed by atoms with E-state index in [0.29, 0.717) is 12.8 Å². The van der Waals surface area contributed by atoms with Gasteiger partial charge in [-0.15, -0.1) is 0 Å². The van der Waals surface area contributed by atoms with Gasteiger partial charge >= 0.3 is 11.9 Å². The third kappa shape index (κ3) is 16.2. The zero-order chi connectivity index (χ0) is 19.1. The third-order valence-electron chi connectivity index (χ3n) is 4.05. The standard InChI is InChI=1S/C21H40O4/c1-6-8-9-10-11-12-13-14-15-16-19(22)24-18(7-2)17-20(23)25-21(3,4)5/h18H,6-17H2,1-5H3/t18-/m1/s1. The van der Waals surface area contributed by atoms with Gasteiger partial charge in [-0.25, -0.2) is 0 Å². The molecule has 0 aromatic heterocycles. The molecule has 0 rings (SSSR count). The summed E-state index contributed by atoms with van der Waals surface area (Å²) in [5.74, 6) is -0.506. The second kappa shape index (κ2) is 14.1. The van der Waals surface area contributed by atoms with E-state index in [-0.39, 0.29) is 24.5 Å². The molecule has 0 unspecified atom stereocenters. The molecule has 0 heterocycles. The average Bonchev–Trinajstić information content (AvgIpc) is 2.50. The lowest BCUT2D eigenvalue weighted by atomic mass is 10.1. The molecule has 0 aromatic rings. The molecule has 0 N–H and O–H groups in total. The highest BCUT2D eigenvalue weighted by Gasteiger charge is 2.21. The van der Waals surface area contributed by atoms with Crippen molar-refractivity contribution < 1.29 is 19.1 Å². The summed E-state index contributed by atoms with van der Waals surface area (Å²) in [5, 5.41) is 0. The van der Waals surface area contributed by atoms with Crippen molar-refractivity contribution in [2.75, 3.05) is 0 Å². The van der Waals surface area contributed by atoms with E-state index in [0.717, 1.165) is 12.8 Å². The van der Waals surface area contributed by atoms with Gasteiger partial charge in [-0.1, -0.05) is 65.2 Å². The summed E-state index contributed by atoms with van der Waals surface area (Å²) < 4.78 is 10.7. The summed E-state index contributed by atoms with van der Waals surface area (Å²) >= 11 is 0. The number of hydrogen-bond acceptors (Lipinski definition) is 4. The molecule has 4 heteroatoms. The van der Waals surface area contributed by atoms with Gasteiger partial charge in [-0.05, 0) is 33.6 Å². The predicted octanol–water partition coefficient (Wildman–Crippen LogP) is 5.96. The number of esters is 2. The topological polar surface area (TPSA) is 52.6 Å². The quantitative estimate of drug-likeness (QED) is 0.284. The summed E-state index contributed by atoms with van der Waals surface area (Å²) in [6.45, 7) is 9.65. The first-order chi connectivity index (χ1) is 11.8. The van der Waals surface area contributed by atoms with Crippen molar-refractivity contribution in [3.63, 3.8) is 0 Å². The van der Waals surface area contributed by atoms with Gasteiger partial charge < -0.3 is 9.47 Å². The second-order valence-electron chi connectivity index (χ2n) is 7.89. The molecule has 4 nitrogen and oxygen atoms in total. The van der Waals surface area contributed by atoms with Crippen LogP contribution in [0, 0.1) is 0 Å².